The molecule has 0 bridgehead atoms. The summed E-state index contributed by atoms with van der Waals surface area (Å²) in [5.74, 6) is -0.446. The first-order valence-corrected chi connectivity index (χ1v) is 8.51. The second kappa shape index (κ2) is 6.93. The van der Waals surface area contributed by atoms with Gasteiger partial charge in [-0.25, -0.2) is 4.39 Å². The van der Waals surface area contributed by atoms with E-state index in [-0.39, 0.29) is 22.9 Å². The third-order valence-electron chi connectivity index (χ3n) is 4.59. The molecule has 2 N–H and O–H groups in total. The van der Waals surface area contributed by atoms with Crippen LogP contribution in [0.25, 0.3) is 0 Å². The Kier molecular flexibility index (Phi) is 5.11. The molecular weight excluding hydrogens is 342 g/mol. The van der Waals surface area contributed by atoms with Crippen LogP contribution in [0, 0.1) is 11.7 Å². The van der Waals surface area contributed by atoms with Crippen molar-refractivity contribution >= 4 is 29.1 Å². The summed E-state index contributed by atoms with van der Waals surface area (Å²) in [4.78, 5) is 14.4. The molecule has 1 aromatic carbocycles. The Hall–Kier alpha value is -0.880. The molecule has 1 aromatic rings. The summed E-state index contributed by atoms with van der Waals surface area (Å²) in [6.07, 6.45) is 2.01. The number of ether oxygens (including phenoxy) is 1. The van der Waals surface area contributed by atoms with Crippen LogP contribution in [-0.2, 0) is 9.53 Å². The van der Waals surface area contributed by atoms with Gasteiger partial charge in [0.2, 0.25) is 5.91 Å². The fraction of sp³-hybridized carbons (Fsp3) is 0.562. The molecule has 1 saturated carbocycles. The Bertz CT molecular complexity index is 614. The summed E-state index contributed by atoms with van der Waals surface area (Å²) in [5.41, 5.74) is 6.42. The fourth-order valence-corrected chi connectivity index (χ4v) is 3.83. The van der Waals surface area contributed by atoms with Crippen molar-refractivity contribution in [2.75, 3.05) is 19.7 Å². The van der Waals surface area contributed by atoms with E-state index >= 15 is 0 Å². The highest BCUT2D eigenvalue weighted by Gasteiger charge is 2.34. The Morgan fingerprint density at radius 1 is 1.30 bits per heavy atom. The zero-order chi connectivity index (χ0) is 16.6. The third-order valence-corrected chi connectivity index (χ3v) is 5.20. The summed E-state index contributed by atoms with van der Waals surface area (Å²) in [7, 11) is 0. The molecule has 2 fully saturated rings. The number of hydrogen-bond acceptors (Lipinski definition) is 3. The van der Waals surface area contributed by atoms with Crippen LogP contribution in [0.15, 0.2) is 12.1 Å². The minimum atomic E-state index is -0.542. The maximum Gasteiger partial charge on any atom is 0.225 e. The lowest BCUT2D eigenvalue weighted by Gasteiger charge is -2.35. The zero-order valence-corrected chi connectivity index (χ0v) is 14.1. The minimum Gasteiger partial charge on any atom is -0.370 e. The molecule has 7 heteroatoms. The highest BCUT2D eigenvalue weighted by Crippen LogP contribution is 2.33. The molecule has 1 aliphatic heterocycles. The van der Waals surface area contributed by atoms with Gasteiger partial charge in [-0.05, 0) is 31.4 Å². The molecule has 3 rings (SSSR count). The summed E-state index contributed by atoms with van der Waals surface area (Å²) in [6.45, 7) is 1.30. The number of halogens is 3. The molecule has 2 aliphatic rings. The molecule has 0 radical (unpaired) electrons. The van der Waals surface area contributed by atoms with Gasteiger partial charge in [0.15, 0.2) is 0 Å². The van der Waals surface area contributed by atoms with Crippen molar-refractivity contribution in [3.8, 4) is 0 Å². The Morgan fingerprint density at radius 2 is 2.09 bits per heavy atom. The van der Waals surface area contributed by atoms with Gasteiger partial charge >= 0.3 is 0 Å². The van der Waals surface area contributed by atoms with Crippen LogP contribution >= 0.6 is 23.2 Å². The first kappa shape index (κ1) is 17.0. The fourth-order valence-electron chi connectivity index (χ4n) is 3.32. The van der Waals surface area contributed by atoms with Gasteiger partial charge in [-0.3, -0.25) is 4.79 Å². The Morgan fingerprint density at radius 3 is 2.78 bits per heavy atom. The van der Waals surface area contributed by atoms with Gasteiger partial charge in [-0.1, -0.05) is 23.2 Å². The first-order chi connectivity index (χ1) is 11.0. The molecule has 0 aromatic heterocycles. The van der Waals surface area contributed by atoms with Gasteiger partial charge in [0.1, 0.15) is 11.9 Å². The lowest BCUT2D eigenvalue weighted by Crippen LogP contribution is -2.44. The number of rotatable bonds is 2. The topological polar surface area (TPSA) is 55.6 Å². The summed E-state index contributed by atoms with van der Waals surface area (Å²) in [6, 6.07) is 2.77. The number of amides is 1. The van der Waals surface area contributed by atoms with E-state index in [9.17, 15) is 9.18 Å². The molecule has 126 valence electrons. The highest BCUT2D eigenvalue weighted by atomic mass is 35.5. The van der Waals surface area contributed by atoms with E-state index < -0.39 is 11.9 Å². The molecule has 1 saturated heterocycles. The van der Waals surface area contributed by atoms with Gasteiger partial charge in [-0.15, -0.1) is 0 Å². The van der Waals surface area contributed by atoms with Gasteiger partial charge in [-0.2, -0.15) is 0 Å². The van der Waals surface area contributed by atoms with Crippen molar-refractivity contribution < 1.29 is 13.9 Å². The first-order valence-electron chi connectivity index (χ1n) is 7.76. The zero-order valence-electron chi connectivity index (χ0n) is 12.6. The third kappa shape index (κ3) is 3.63. The van der Waals surface area contributed by atoms with Crippen molar-refractivity contribution in [1.82, 2.24) is 4.90 Å². The molecular formula is C16H19Cl2FN2O2. The smallest absolute Gasteiger partial charge is 0.225 e. The molecule has 23 heavy (non-hydrogen) atoms. The molecule has 0 spiro atoms. The van der Waals surface area contributed by atoms with E-state index in [2.05, 4.69) is 0 Å². The average molecular weight is 361 g/mol. The average Bonchev–Trinajstić information content (AvgIpc) is 2.97. The second-order valence-corrected chi connectivity index (χ2v) is 7.02. The van der Waals surface area contributed by atoms with E-state index in [4.69, 9.17) is 33.7 Å². The summed E-state index contributed by atoms with van der Waals surface area (Å²) >= 11 is 11.9. The van der Waals surface area contributed by atoms with Crippen LogP contribution in [0.2, 0.25) is 10.0 Å². The molecule has 1 amide bonds. The number of hydrogen-bond donors (Lipinski definition) is 1. The predicted molar refractivity (Wildman–Crippen MR) is 87.0 cm³/mol. The van der Waals surface area contributed by atoms with Crippen molar-refractivity contribution in [2.24, 2.45) is 11.7 Å². The number of nitrogens with zero attached hydrogens (tertiary/aromatic N) is 1. The van der Waals surface area contributed by atoms with E-state index in [1.807, 2.05) is 0 Å². The Labute approximate surface area is 144 Å². The summed E-state index contributed by atoms with van der Waals surface area (Å²) < 4.78 is 19.4. The van der Waals surface area contributed by atoms with E-state index in [0.29, 0.717) is 30.3 Å². The summed E-state index contributed by atoms with van der Waals surface area (Å²) in [5, 5.41) is 0.320. The van der Waals surface area contributed by atoms with Crippen LogP contribution < -0.4 is 5.73 Å². The monoisotopic (exact) mass is 360 g/mol. The van der Waals surface area contributed by atoms with Gasteiger partial charge in [0.05, 0.1) is 18.2 Å². The van der Waals surface area contributed by atoms with Gasteiger partial charge in [0.25, 0.3) is 0 Å². The van der Waals surface area contributed by atoms with Crippen LogP contribution in [0.5, 0.6) is 0 Å². The van der Waals surface area contributed by atoms with Gasteiger partial charge < -0.3 is 15.4 Å². The highest BCUT2D eigenvalue weighted by molar-refractivity contribution is 6.35. The molecule has 3 atom stereocenters. The normalized spacial score (nSPS) is 28.2. The van der Waals surface area contributed by atoms with Crippen LogP contribution in [0.3, 0.4) is 0 Å². The number of benzene rings is 1. The van der Waals surface area contributed by atoms with Crippen molar-refractivity contribution in [3.05, 3.63) is 33.6 Å². The van der Waals surface area contributed by atoms with Crippen LogP contribution in [0.1, 0.15) is 30.9 Å². The lowest BCUT2D eigenvalue weighted by atomic mass is 10.0. The predicted octanol–water partition coefficient (Wildman–Crippen LogP) is 3.16. The van der Waals surface area contributed by atoms with Crippen molar-refractivity contribution in [1.29, 1.82) is 0 Å². The largest absolute Gasteiger partial charge is 0.370 e. The minimum absolute atomic E-state index is 0.0128. The maximum atomic E-state index is 13.7. The van der Waals surface area contributed by atoms with Crippen molar-refractivity contribution in [2.45, 2.75) is 31.4 Å². The van der Waals surface area contributed by atoms with E-state index in [0.717, 1.165) is 19.3 Å². The number of nitrogens with two attached hydrogens (primary N) is 1. The lowest BCUT2D eigenvalue weighted by molar-refractivity contribution is -0.143. The Balaban J connectivity index is 1.73. The van der Waals surface area contributed by atoms with Gasteiger partial charge in [0, 0.05) is 29.1 Å². The molecule has 1 aliphatic carbocycles. The van der Waals surface area contributed by atoms with Crippen molar-refractivity contribution in [3.63, 3.8) is 0 Å². The number of carbonyl (C=O) groups is 1. The van der Waals surface area contributed by atoms with E-state index in [1.54, 1.807) is 4.90 Å². The standard InChI is InChI=1S/C16H19Cl2FN2O2/c17-12-7-13(18)14(19)6-11(12)15-8-21(3-4-23-15)16(22)9-1-2-10(20)5-9/h6-7,9-10,15H,1-5,8,20H2. The SMILES string of the molecule is NC1CCC(C(=O)N2CCOC(c3cc(F)c(Cl)cc3Cl)C2)C1. The molecule has 1 heterocycles. The molecule has 3 unspecified atom stereocenters. The van der Waals surface area contributed by atoms with E-state index in [1.165, 1.54) is 12.1 Å². The van der Waals surface area contributed by atoms with Crippen LogP contribution in [0.4, 0.5) is 4.39 Å². The molecule has 4 nitrogen and oxygen atoms in total. The number of morpholine rings is 1. The second-order valence-electron chi connectivity index (χ2n) is 6.20. The van der Waals surface area contributed by atoms with Crippen LogP contribution in [-0.4, -0.2) is 36.5 Å². The number of carbonyl (C=O) groups excluding carboxylic acids is 1. The maximum absolute atomic E-state index is 13.7. The quantitative estimate of drug-likeness (QED) is 0.824.